The maximum Gasteiger partial charge on any atom is 0.175 e. The van der Waals surface area contributed by atoms with Gasteiger partial charge in [0, 0.05) is 22.2 Å². The smallest absolute Gasteiger partial charge is 0.175 e. The third-order valence-electron chi connectivity index (χ3n) is 4.79. The van der Waals surface area contributed by atoms with Gasteiger partial charge in [-0.3, -0.25) is 4.90 Å². The number of rotatable bonds is 2. The van der Waals surface area contributed by atoms with E-state index in [0.717, 1.165) is 16.1 Å². The fourth-order valence-electron chi connectivity index (χ4n) is 3.55. The van der Waals surface area contributed by atoms with E-state index in [2.05, 4.69) is 47.1 Å². The van der Waals surface area contributed by atoms with Gasteiger partial charge in [-0.05, 0) is 50.7 Å². The third kappa shape index (κ3) is 2.35. The highest BCUT2D eigenvalue weighted by Gasteiger charge is 2.35. The Morgan fingerprint density at radius 2 is 1.95 bits per heavy atom. The standard InChI is InChI=1S/C16H18ClN3S2/c1-8-5-12-14(19-16(21)18-12)13(17)15(8)22-11-6-9-3-4-10(7-11)20(9)2/h3-5,9-11H,6-7H2,1-2H3,(H2,18,19,21). The highest BCUT2D eigenvalue weighted by atomic mass is 35.5. The maximum atomic E-state index is 6.65. The van der Waals surface area contributed by atoms with E-state index in [1.54, 1.807) is 0 Å². The summed E-state index contributed by atoms with van der Waals surface area (Å²) in [6, 6.07) is 3.30. The number of aromatic amines is 2. The summed E-state index contributed by atoms with van der Waals surface area (Å²) >= 11 is 13.8. The Bertz CT molecular complexity index is 807. The summed E-state index contributed by atoms with van der Waals surface area (Å²) in [7, 11) is 2.22. The van der Waals surface area contributed by atoms with Crippen LogP contribution in [0.4, 0.5) is 0 Å². The molecule has 1 aromatic heterocycles. The number of likely N-dealkylation sites (N-methyl/N-ethyl adjacent to an activating group) is 1. The topological polar surface area (TPSA) is 34.8 Å². The van der Waals surface area contributed by atoms with Gasteiger partial charge in [0.05, 0.1) is 16.1 Å². The van der Waals surface area contributed by atoms with Gasteiger partial charge in [0.1, 0.15) is 0 Å². The van der Waals surface area contributed by atoms with Gasteiger partial charge in [0.25, 0.3) is 0 Å². The quantitative estimate of drug-likeness (QED) is 0.609. The summed E-state index contributed by atoms with van der Waals surface area (Å²) < 4.78 is 0.625. The van der Waals surface area contributed by atoms with Crippen LogP contribution in [0.25, 0.3) is 11.0 Å². The fourth-order valence-corrected chi connectivity index (χ4v) is 5.57. The molecule has 22 heavy (non-hydrogen) atoms. The van der Waals surface area contributed by atoms with Gasteiger partial charge in [-0.1, -0.05) is 23.8 Å². The highest BCUT2D eigenvalue weighted by Crippen LogP contribution is 2.43. The lowest BCUT2D eigenvalue weighted by molar-refractivity contribution is 0.200. The molecule has 2 aliphatic heterocycles. The van der Waals surface area contributed by atoms with Crippen LogP contribution in [0.2, 0.25) is 5.02 Å². The minimum Gasteiger partial charge on any atom is -0.331 e. The molecule has 3 heterocycles. The Kier molecular flexibility index (Phi) is 3.64. The van der Waals surface area contributed by atoms with Crippen molar-refractivity contribution in [3.63, 3.8) is 0 Å². The van der Waals surface area contributed by atoms with Crippen LogP contribution in [0, 0.1) is 11.7 Å². The molecule has 2 aromatic rings. The second-order valence-corrected chi connectivity index (χ2v) is 8.33. The molecule has 2 unspecified atom stereocenters. The molecule has 1 fully saturated rings. The number of benzene rings is 1. The van der Waals surface area contributed by atoms with E-state index in [9.17, 15) is 0 Å². The number of nitrogens with zero attached hydrogens (tertiary/aromatic N) is 1. The maximum absolute atomic E-state index is 6.65. The lowest BCUT2D eigenvalue weighted by atomic mass is 10.0. The van der Waals surface area contributed by atoms with Crippen LogP contribution in [0.15, 0.2) is 23.1 Å². The number of halogens is 1. The zero-order valence-electron chi connectivity index (χ0n) is 12.5. The molecule has 2 bridgehead atoms. The van der Waals surface area contributed by atoms with E-state index in [1.165, 1.54) is 23.3 Å². The molecule has 2 aliphatic rings. The first-order valence-corrected chi connectivity index (χ1v) is 9.17. The number of aromatic nitrogens is 2. The normalized spacial score (nSPS) is 27.9. The Labute approximate surface area is 144 Å². The van der Waals surface area contributed by atoms with Gasteiger partial charge in [-0.15, -0.1) is 11.8 Å². The van der Waals surface area contributed by atoms with Crippen molar-refractivity contribution in [1.29, 1.82) is 0 Å². The minimum atomic E-state index is 0.581. The van der Waals surface area contributed by atoms with Crippen LogP contribution < -0.4 is 0 Å². The predicted octanol–water partition coefficient (Wildman–Crippen LogP) is 4.68. The van der Waals surface area contributed by atoms with Crippen LogP contribution in [-0.2, 0) is 0 Å². The molecule has 1 saturated heterocycles. The molecule has 4 rings (SSSR count). The number of piperidine rings is 1. The van der Waals surface area contributed by atoms with E-state index in [-0.39, 0.29) is 0 Å². The van der Waals surface area contributed by atoms with E-state index < -0.39 is 0 Å². The molecule has 3 nitrogen and oxygen atoms in total. The Morgan fingerprint density at radius 3 is 2.64 bits per heavy atom. The van der Waals surface area contributed by atoms with Crippen LogP contribution in [0.5, 0.6) is 0 Å². The van der Waals surface area contributed by atoms with E-state index in [4.69, 9.17) is 23.8 Å². The Hall–Kier alpha value is -0.750. The Morgan fingerprint density at radius 1 is 1.27 bits per heavy atom. The third-order valence-corrected chi connectivity index (χ3v) is 6.96. The molecule has 2 N–H and O–H groups in total. The van der Waals surface area contributed by atoms with Crippen molar-refractivity contribution >= 4 is 46.6 Å². The number of hydrogen-bond donors (Lipinski definition) is 2. The molecule has 0 radical (unpaired) electrons. The van der Waals surface area contributed by atoms with Crippen molar-refractivity contribution in [2.24, 2.45) is 0 Å². The molecule has 0 saturated carbocycles. The molecule has 1 aromatic carbocycles. The van der Waals surface area contributed by atoms with Gasteiger partial charge in [-0.2, -0.15) is 0 Å². The number of hydrogen-bond acceptors (Lipinski definition) is 3. The average molecular weight is 352 g/mol. The van der Waals surface area contributed by atoms with Crippen molar-refractivity contribution in [3.8, 4) is 0 Å². The molecule has 0 aliphatic carbocycles. The second kappa shape index (κ2) is 5.41. The molecule has 0 amide bonds. The number of fused-ring (bicyclic) bond motifs is 3. The first kappa shape index (κ1) is 14.8. The predicted molar refractivity (Wildman–Crippen MR) is 96.6 cm³/mol. The SMILES string of the molecule is Cc1cc2[nH]c(=S)[nH]c2c(Cl)c1SC1CC2C=CC(C1)N2C. The summed E-state index contributed by atoms with van der Waals surface area (Å²) in [5.74, 6) is 0. The molecule has 0 spiro atoms. The van der Waals surface area contributed by atoms with Crippen molar-refractivity contribution in [2.45, 2.75) is 42.0 Å². The van der Waals surface area contributed by atoms with E-state index >= 15 is 0 Å². The van der Waals surface area contributed by atoms with Crippen molar-refractivity contribution < 1.29 is 0 Å². The van der Waals surface area contributed by atoms with Gasteiger partial charge in [0.2, 0.25) is 0 Å². The fraction of sp³-hybridized carbons (Fsp3) is 0.438. The number of thioether (sulfide) groups is 1. The minimum absolute atomic E-state index is 0.581. The van der Waals surface area contributed by atoms with Crippen LogP contribution >= 0.6 is 35.6 Å². The summed E-state index contributed by atoms with van der Waals surface area (Å²) in [6.45, 7) is 2.12. The first-order valence-electron chi connectivity index (χ1n) is 7.51. The number of imidazole rings is 1. The molecular weight excluding hydrogens is 334 g/mol. The summed E-state index contributed by atoms with van der Waals surface area (Å²) in [6.07, 6.45) is 7.08. The first-order chi connectivity index (χ1) is 10.5. The molecule has 2 atom stereocenters. The number of H-pyrrole nitrogens is 2. The second-order valence-electron chi connectivity index (χ2n) is 6.23. The summed E-state index contributed by atoms with van der Waals surface area (Å²) in [5.41, 5.74) is 3.13. The summed E-state index contributed by atoms with van der Waals surface area (Å²) in [4.78, 5) is 9.97. The van der Waals surface area contributed by atoms with Gasteiger partial charge in [-0.25, -0.2) is 0 Å². The molecular formula is C16H18ClN3S2. The highest BCUT2D eigenvalue weighted by molar-refractivity contribution is 8.00. The summed E-state index contributed by atoms with van der Waals surface area (Å²) in [5, 5.41) is 1.41. The van der Waals surface area contributed by atoms with Crippen molar-refractivity contribution in [1.82, 2.24) is 14.9 Å². The molecule has 6 heteroatoms. The zero-order chi connectivity index (χ0) is 15.4. The van der Waals surface area contributed by atoms with Crippen molar-refractivity contribution in [3.05, 3.63) is 33.6 Å². The molecule has 116 valence electrons. The van der Waals surface area contributed by atoms with Crippen molar-refractivity contribution in [2.75, 3.05) is 7.05 Å². The largest absolute Gasteiger partial charge is 0.331 e. The van der Waals surface area contributed by atoms with Gasteiger partial charge < -0.3 is 9.97 Å². The van der Waals surface area contributed by atoms with Crippen LogP contribution in [0.1, 0.15) is 18.4 Å². The Balaban J connectivity index is 1.66. The lowest BCUT2D eigenvalue weighted by Crippen LogP contribution is -2.41. The number of aryl methyl sites for hydroxylation is 1. The zero-order valence-corrected chi connectivity index (χ0v) is 14.9. The van der Waals surface area contributed by atoms with E-state index in [1.807, 2.05) is 11.8 Å². The average Bonchev–Trinajstić information content (AvgIpc) is 2.91. The number of nitrogens with one attached hydrogen (secondary N) is 2. The van der Waals surface area contributed by atoms with Gasteiger partial charge >= 0.3 is 0 Å². The van der Waals surface area contributed by atoms with Crippen LogP contribution in [-0.4, -0.2) is 39.2 Å². The lowest BCUT2D eigenvalue weighted by Gasteiger charge is -2.36. The van der Waals surface area contributed by atoms with E-state index in [0.29, 0.717) is 22.1 Å². The monoisotopic (exact) mass is 351 g/mol. The van der Waals surface area contributed by atoms with Crippen LogP contribution in [0.3, 0.4) is 0 Å². The van der Waals surface area contributed by atoms with Gasteiger partial charge in [0.15, 0.2) is 4.77 Å².